The highest BCUT2D eigenvalue weighted by molar-refractivity contribution is 5.81. The molecule has 2 aliphatic heterocycles. The molecule has 0 radical (unpaired) electrons. The Labute approximate surface area is 165 Å². The maximum atomic E-state index is 13.0. The first-order valence-corrected chi connectivity index (χ1v) is 9.80. The Morgan fingerprint density at radius 1 is 1.21 bits per heavy atom. The van der Waals surface area contributed by atoms with Crippen molar-refractivity contribution in [2.45, 2.75) is 38.3 Å². The van der Waals surface area contributed by atoms with Crippen molar-refractivity contribution in [2.75, 3.05) is 19.7 Å². The molecule has 2 aromatic rings. The van der Waals surface area contributed by atoms with Gasteiger partial charge in [-0.15, -0.1) is 0 Å². The van der Waals surface area contributed by atoms with E-state index >= 15 is 0 Å². The van der Waals surface area contributed by atoms with Gasteiger partial charge in [-0.2, -0.15) is 0 Å². The maximum Gasteiger partial charge on any atom is 0.246 e. The average Bonchev–Trinajstić information content (AvgIpc) is 2.70. The molecule has 0 aliphatic carbocycles. The van der Waals surface area contributed by atoms with Crippen LogP contribution in [0.2, 0.25) is 0 Å². The van der Waals surface area contributed by atoms with Gasteiger partial charge in [0.15, 0.2) is 0 Å². The van der Waals surface area contributed by atoms with Gasteiger partial charge < -0.3 is 15.0 Å². The number of carbonyl (C=O) groups is 2. The lowest BCUT2D eigenvalue weighted by atomic mass is 9.77. The largest absolute Gasteiger partial charge is 0.364 e. The van der Waals surface area contributed by atoms with Crippen LogP contribution in [0.25, 0.3) is 0 Å². The molecular formula is C23H26N2O3. The minimum atomic E-state index is -0.563. The fourth-order valence-electron chi connectivity index (χ4n) is 4.35. The minimum absolute atomic E-state index is 0.0399. The van der Waals surface area contributed by atoms with E-state index in [1.807, 2.05) is 49.1 Å². The van der Waals surface area contributed by atoms with Crippen LogP contribution in [0, 0.1) is 13.8 Å². The molecule has 0 spiro atoms. The fourth-order valence-corrected chi connectivity index (χ4v) is 4.35. The van der Waals surface area contributed by atoms with Gasteiger partial charge in [-0.25, -0.2) is 0 Å². The Bertz CT molecular complexity index is 896. The first kappa shape index (κ1) is 18.7. The van der Waals surface area contributed by atoms with E-state index in [-0.39, 0.29) is 24.5 Å². The second-order valence-corrected chi connectivity index (χ2v) is 7.88. The van der Waals surface area contributed by atoms with Gasteiger partial charge in [-0.05, 0) is 37.0 Å². The van der Waals surface area contributed by atoms with Crippen molar-refractivity contribution in [1.82, 2.24) is 10.2 Å². The molecule has 2 aromatic carbocycles. The maximum absolute atomic E-state index is 13.0. The predicted octanol–water partition coefficient (Wildman–Crippen LogP) is 2.49. The molecule has 0 aromatic heterocycles. The monoisotopic (exact) mass is 378 g/mol. The van der Waals surface area contributed by atoms with E-state index in [0.717, 1.165) is 22.3 Å². The molecule has 2 aliphatic rings. The minimum Gasteiger partial charge on any atom is -0.364 e. The number of rotatable bonds is 3. The van der Waals surface area contributed by atoms with E-state index in [4.69, 9.17) is 4.74 Å². The molecule has 28 heavy (non-hydrogen) atoms. The molecular weight excluding hydrogens is 352 g/mol. The summed E-state index contributed by atoms with van der Waals surface area (Å²) < 4.78 is 5.92. The second-order valence-electron chi connectivity index (χ2n) is 7.88. The van der Waals surface area contributed by atoms with Crippen LogP contribution in [0.4, 0.5) is 0 Å². The van der Waals surface area contributed by atoms with Gasteiger partial charge in [0.1, 0.15) is 12.7 Å². The topological polar surface area (TPSA) is 58.6 Å². The summed E-state index contributed by atoms with van der Waals surface area (Å²) in [6.45, 7) is 5.20. The first-order chi connectivity index (χ1) is 13.5. The summed E-state index contributed by atoms with van der Waals surface area (Å²) in [5.41, 5.74) is 3.84. The van der Waals surface area contributed by atoms with Crippen LogP contribution >= 0.6 is 0 Å². The average molecular weight is 378 g/mol. The zero-order chi connectivity index (χ0) is 19.7. The van der Waals surface area contributed by atoms with Gasteiger partial charge in [-0.3, -0.25) is 9.59 Å². The molecule has 2 fully saturated rings. The first-order valence-electron chi connectivity index (χ1n) is 9.80. The lowest BCUT2D eigenvalue weighted by molar-refractivity contribution is -0.157. The normalized spacial score (nSPS) is 24.4. The molecule has 0 bridgehead atoms. The quantitative estimate of drug-likeness (QED) is 0.893. The highest BCUT2D eigenvalue weighted by Gasteiger charge is 2.49. The van der Waals surface area contributed by atoms with Crippen molar-refractivity contribution >= 4 is 11.8 Å². The Morgan fingerprint density at radius 2 is 2.00 bits per heavy atom. The van der Waals surface area contributed by atoms with Gasteiger partial charge in [0.05, 0.1) is 12.0 Å². The van der Waals surface area contributed by atoms with E-state index in [2.05, 4.69) is 23.5 Å². The Balaban J connectivity index is 1.54. The van der Waals surface area contributed by atoms with E-state index < -0.39 is 5.54 Å². The van der Waals surface area contributed by atoms with Gasteiger partial charge in [0, 0.05) is 13.1 Å². The summed E-state index contributed by atoms with van der Waals surface area (Å²) in [5.74, 6) is 0.00567. The van der Waals surface area contributed by atoms with Crippen molar-refractivity contribution in [1.29, 1.82) is 0 Å². The summed E-state index contributed by atoms with van der Waals surface area (Å²) in [4.78, 5) is 27.0. The van der Waals surface area contributed by atoms with Crippen molar-refractivity contribution in [2.24, 2.45) is 0 Å². The van der Waals surface area contributed by atoms with E-state index in [1.54, 1.807) is 0 Å². The Morgan fingerprint density at radius 3 is 2.79 bits per heavy atom. The number of nitrogens with one attached hydrogen (secondary N) is 1. The van der Waals surface area contributed by atoms with Crippen LogP contribution in [-0.2, 0) is 26.3 Å². The zero-order valence-corrected chi connectivity index (χ0v) is 16.4. The standard InChI is InChI=1S/C23H26N2O3/c1-16-8-9-17(2)18(12-16)13-22(27)25-11-10-23(19-6-4-3-5-7-19)20(14-25)28-15-21(26)24-23/h3-9,12,20H,10-11,13-15H2,1-2H3,(H,24,26)/t20-,23+/m1/s1. The number of hydrogen-bond donors (Lipinski definition) is 1. The molecule has 0 unspecified atom stereocenters. The third-order valence-electron chi connectivity index (χ3n) is 5.98. The molecule has 0 saturated carbocycles. The number of piperidine rings is 1. The van der Waals surface area contributed by atoms with Crippen molar-refractivity contribution in [3.05, 3.63) is 70.8 Å². The number of morpholine rings is 1. The van der Waals surface area contributed by atoms with Crippen LogP contribution in [0.15, 0.2) is 48.5 Å². The summed E-state index contributed by atoms with van der Waals surface area (Å²) in [5, 5.41) is 3.17. The van der Waals surface area contributed by atoms with E-state index in [0.29, 0.717) is 25.9 Å². The predicted molar refractivity (Wildman–Crippen MR) is 107 cm³/mol. The Hall–Kier alpha value is -2.66. The number of aryl methyl sites for hydroxylation is 2. The van der Waals surface area contributed by atoms with Gasteiger partial charge in [0.25, 0.3) is 0 Å². The highest BCUT2D eigenvalue weighted by atomic mass is 16.5. The number of hydrogen-bond acceptors (Lipinski definition) is 3. The number of carbonyl (C=O) groups excluding carboxylic acids is 2. The molecule has 2 amide bonds. The molecule has 2 saturated heterocycles. The van der Waals surface area contributed by atoms with Crippen LogP contribution in [-0.4, -0.2) is 42.5 Å². The van der Waals surface area contributed by atoms with Crippen molar-refractivity contribution in [3.8, 4) is 0 Å². The van der Waals surface area contributed by atoms with Gasteiger partial charge >= 0.3 is 0 Å². The smallest absolute Gasteiger partial charge is 0.246 e. The van der Waals surface area contributed by atoms with Gasteiger partial charge in [0.2, 0.25) is 11.8 Å². The summed E-state index contributed by atoms with van der Waals surface area (Å²) in [6.07, 6.45) is 0.792. The molecule has 1 N–H and O–H groups in total. The molecule has 2 heterocycles. The van der Waals surface area contributed by atoms with Gasteiger partial charge in [-0.1, -0.05) is 54.1 Å². The van der Waals surface area contributed by atoms with Crippen LogP contribution in [0.5, 0.6) is 0 Å². The van der Waals surface area contributed by atoms with E-state index in [1.165, 1.54) is 0 Å². The summed E-state index contributed by atoms with van der Waals surface area (Å²) in [7, 11) is 0. The van der Waals surface area contributed by atoms with Crippen molar-refractivity contribution in [3.63, 3.8) is 0 Å². The highest BCUT2D eigenvalue weighted by Crippen LogP contribution is 2.37. The molecule has 146 valence electrons. The summed E-state index contributed by atoms with van der Waals surface area (Å²) in [6, 6.07) is 16.2. The number of ether oxygens (including phenoxy) is 1. The molecule has 5 nitrogen and oxygen atoms in total. The van der Waals surface area contributed by atoms with Crippen molar-refractivity contribution < 1.29 is 14.3 Å². The number of fused-ring (bicyclic) bond motifs is 1. The third kappa shape index (κ3) is 3.42. The van der Waals surface area contributed by atoms with Crippen LogP contribution < -0.4 is 5.32 Å². The fraction of sp³-hybridized carbons (Fsp3) is 0.391. The molecule has 5 heteroatoms. The van der Waals surface area contributed by atoms with E-state index in [9.17, 15) is 9.59 Å². The second kappa shape index (κ2) is 7.40. The van der Waals surface area contributed by atoms with Crippen LogP contribution in [0.1, 0.15) is 28.7 Å². The molecule has 2 atom stereocenters. The number of amides is 2. The number of nitrogens with zero attached hydrogens (tertiary/aromatic N) is 1. The SMILES string of the molecule is Cc1ccc(C)c(CC(=O)N2CC[C@@]3(c4ccccc4)NC(=O)CO[C@@H]3C2)c1. The number of likely N-dealkylation sites (tertiary alicyclic amines) is 1. The lowest BCUT2D eigenvalue weighted by Crippen LogP contribution is -2.67. The summed E-state index contributed by atoms with van der Waals surface area (Å²) >= 11 is 0. The van der Waals surface area contributed by atoms with Crippen LogP contribution in [0.3, 0.4) is 0 Å². The molecule has 4 rings (SSSR count). The number of benzene rings is 2. The lowest BCUT2D eigenvalue weighted by Gasteiger charge is -2.50. The Kier molecular flexibility index (Phi) is 4.94. The zero-order valence-electron chi connectivity index (χ0n) is 16.4. The third-order valence-corrected chi connectivity index (χ3v) is 5.98.